The number of anilines is 3. The lowest BCUT2D eigenvalue weighted by atomic mass is 9.92. The maximum atomic E-state index is 5.46. The molecule has 4 nitrogen and oxygen atoms in total. The first kappa shape index (κ1) is 33.3. The molecule has 276 valence electrons. The zero-order valence-corrected chi connectivity index (χ0v) is 32.1. The Kier molecular flexibility index (Phi) is 7.57. The Bertz CT molecular complexity index is 3330. The Balaban J connectivity index is 1.04. The van der Waals surface area contributed by atoms with Gasteiger partial charge in [-0.3, -0.25) is 4.90 Å². The number of fused-ring (bicyclic) bond motifs is 7. The topological polar surface area (TPSA) is 34.0 Å². The number of para-hydroxylation sites is 3. The van der Waals surface area contributed by atoms with E-state index in [1.807, 2.05) is 0 Å². The molecule has 0 radical (unpaired) electrons. The van der Waals surface area contributed by atoms with Crippen LogP contribution in [0.2, 0.25) is 0 Å². The summed E-state index contributed by atoms with van der Waals surface area (Å²) in [4.78, 5) is 13.2. The van der Waals surface area contributed by atoms with Crippen molar-refractivity contribution in [1.29, 1.82) is 0 Å². The second-order valence-electron chi connectivity index (χ2n) is 15.4. The highest BCUT2D eigenvalue weighted by molar-refractivity contribution is 6.10. The standard InChI is InChI=1S/C55H36N4/c1-2-19-42(20-3-1)58-53-27-11-9-23-47(53)48-34-39(29-31-54(48)58)38-28-30-52-41(32-38)33-40-16-6-10-26-51(40)59(52)55-56-49(45-24-12-17-36-14-4-7-21-43(36)45)35-50(57-55)46-25-13-18-37-15-5-8-22-44(37)46/h1-32,34-35H,33H2. The average Bonchev–Trinajstić information content (AvgIpc) is 3.64. The molecule has 0 unspecified atom stereocenters. The van der Waals surface area contributed by atoms with Gasteiger partial charge in [-0.1, -0.05) is 152 Å². The Labute approximate surface area is 341 Å². The van der Waals surface area contributed by atoms with Crippen molar-refractivity contribution < 1.29 is 0 Å². The number of hydrogen-bond donors (Lipinski definition) is 0. The number of hydrogen-bond acceptors (Lipinski definition) is 3. The van der Waals surface area contributed by atoms with E-state index in [-0.39, 0.29) is 0 Å². The van der Waals surface area contributed by atoms with Gasteiger partial charge < -0.3 is 4.57 Å². The van der Waals surface area contributed by atoms with Crippen molar-refractivity contribution in [2.75, 3.05) is 4.90 Å². The molecule has 0 saturated heterocycles. The lowest BCUT2D eigenvalue weighted by Crippen LogP contribution is -2.21. The van der Waals surface area contributed by atoms with Crippen molar-refractivity contribution in [3.8, 4) is 39.3 Å². The van der Waals surface area contributed by atoms with Crippen molar-refractivity contribution >= 4 is 60.7 Å². The van der Waals surface area contributed by atoms with Gasteiger partial charge in [0.15, 0.2) is 0 Å². The molecule has 11 aromatic rings. The number of aromatic nitrogens is 3. The molecule has 0 bridgehead atoms. The maximum absolute atomic E-state index is 5.46. The SMILES string of the molecule is c1ccc(-n2c3ccccc3c3cc(-c4ccc5c(c4)Cc4ccccc4N5c4nc(-c5cccc6ccccc56)cc(-c5cccc6ccccc56)n4)ccc32)cc1. The molecular formula is C55H36N4. The molecule has 0 spiro atoms. The summed E-state index contributed by atoms with van der Waals surface area (Å²) < 4.78 is 2.37. The fraction of sp³-hybridized carbons (Fsp3) is 0.0182. The van der Waals surface area contributed by atoms with E-state index in [2.05, 4.69) is 216 Å². The number of nitrogens with zero attached hydrogens (tertiary/aromatic N) is 4. The van der Waals surface area contributed by atoms with E-state index < -0.39 is 0 Å². The lowest BCUT2D eigenvalue weighted by molar-refractivity contribution is 1.02. The summed E-state index contributed by atoms with van der Waals surface area (Å²) in [6, 6.07) is 74.1. The summed E-state index contributed by atoms with van der Waals surface area (Å²) in [6.45, 7) is 0. The Hall–Kier alpha value is -7.82. The smallest absolute Gasteiger partial charge is 0.235 e. The third-order valence-corrected chi connectivity index (χ3v) is 12.0. The second kappa shape index (κ2) is 13.4. The monoisotopic (exact) mass is 752 g/mol. The molecule has 0 fully saturated rings. The van der Waals surface area contributed by atoms with Crippen LogP contribution >= 0.6 is 0 Å². The average molecular weight is 753 g/mol. The van der Waals surface area contributed by atoms with Crippen molar-refractivity contribution in [1.82, 2.24) is 14.5 Å². The lowest BCUT2D eigenvalue weighted by Gasteiger charge is -2.32. The molecule has 3 heterocycles. The minimum absolute atomic E-state index is 0.648. The highest BCUT2D eigenvalue weighted by Crippen LogP contribution is 2.46. The molecule has 12 rings (SSSR count). The van der Waals surface area contributed by atoms with E-state index in [4.69, 9.17) is 9.97 Å². The molecule has 0 N–H and O–H groups in total. The van der Waals surface area contributed by atoms with Crippen LogP contribution in [-0.2, 0) is 6.42 Å². The Morgan fingerprint density at radius 2 is 0.932 bits per heavy atom. The van der Waals surface area contributed by atoms with Crippen LogP contribution in [0.15, 0.2) is 206 Å². The van der Waals surface area contributed by atoms with Crippen LogP contribution in [0.1, 0.15) is 11.1 Å². The van der Waals surface area contributed by atoms with Crippen LogP contribution in [0.3, 0.4) is 0 Å². The number of benzene rings is 9. The summed E-state index contributed by atoms with van der Waals surface area (Å²) >= 11 is 0. The molecule has 0 aliphatic carbocycles. The minimum atomic E-state index is 0.648. The quantitative estimate of drug-likeness (QED) is 0.176. The summed E-state index contributed by atoms with van der Waals surface area (Å²) in [7, 11) is 0. The van der Waals surface area contributed by atoms with Gasteiger partial charge in [0.2, 0.25) is 5.95 Å². The zero-order valence-electron chi connectivity index (χ0n) is 32.1. The summed E-state index contributed by atoms with van der Waals surface area (Å²) in [5, 5.41) is 7.18. The predicted molar refractivity (Wildman–Crippen MR) is 245 cm³/mol. The molecule has 9 aromatic carbocycles. The Morgan fingerprint density at radius 1 is 0.373 bits per heavy atom. The second-order valence-corrected chi connectivity index (χ2v) is 15.4. The largest absolute Gasteiger partial charge is 0.309 e. The van der Waals surface area contributed by atoms with Crippen molar-refractivity contribution in [3.05, 3.63) is 217 Å². The van der Waals surface area contributed by atoms with E-state index in [0.717, 1.165) is 56.8 Å². The molecule has 1 aliphatic rings. The van der Waals surface area contributed by atoms with Crippen LogP contribution in [0.5, 0.6) is 0 Å². The molecular weight excluding hydrogens is 717 g/mol. The Morgan fingerprint density at radius 3 is 1.68 bits per heavy atom. The van der Waals surface area contributed by atoms with Crippen LogP contribution in [0, 0.1) is 0 Å². The van der Waals surface area contributed by atoms with Crippen LogP contribution in [-0.4, -0.2) is 14.5 Å². The van der Waals surface area contributed by atoms with Crippen LogP contribution in [0.4, 0.5) is 17.3 Å². The highest BCUT2D eigenvalue weighted by atomic mass is 15.3. The summed E-state index contributed by atoms with van der Waals surface area (Å²) in [5.74, 6) is 0.648. The van der Waals surface area contributed by atoms with E-state index in [9.17, 15) is 0 Å². The third-order valence-electron chi connectivity index (χ3n) is 12.0. The van der Waals surface area contributed by atoms with Crippen LogP contribution in [0.25, 0.3) is 82.7 Å². The highest BCUT2D eigenvalue weighted by Gasteiger charge is 2.28. The first-order valence-electron chi connectivity index (χ1n) is 20.2. The van der Waals surface area contributed by atoms with Crippen molar-refractivity contribution in [2.45, 2.75) is 6.42 Å². The maximum Gasteiger partial charge on any atom is 0.235 e. The number of rotatable bonds is 5. The molecule has 4 heteroatoms. The van der Waals surface area contributed by atoms with Crippen molar-refractivity contribution in [3.63, 3.8) is 0 Å². The normalized spacial score (nSPS) is 12.3. The zero-order chi connectivity index (χ0) is 38.9. The first-order chi connectivity index (χ1) is 29.2. The fourth-order valence-electron chi connectivity index (χ4n) is 9.27. The van der Waals surface area contributed by atoms with E-state index in [1.54, 1.807) is 0 Å². The minimum Gasteiger partial charge on any atom is -0.309 e. The van der Waals surface area contributed by atoms with Gasteiger partial charge in [0.25, 0.3) is 0 Å². The molecule has 59 heavy (non-hydrogen) atoms. The third kappa shape index (κ3) is 5.45. The molecule has 0 amide bonds. The van der Waals surface area contributed by atoms with Gasteiger partial charge in [0.1, 0.15) is 0 Å². The molecule has 0 saturated carbocycles. The summed E-state index contributed by atoms with van der Waals surface area (Å²) in [5.41, 5.74) is 14.5. The first-order valence-corrected chi connectivity index (χ1v) is 20.2. The summed E-state index contributed by atoms with van der Waals surface area (Å²) in [6.07, 6.45) is 0.810. The van der Waals surface area contributed by atoms with Gasteiger partial charge in [0, 0.05) is 34.0 Å². The van der Waals surface area contributed by atoms with Gasteiger partial charge in [-0.2, -0.15) is 0 Å². The fourth-order valence-corrected chi connectivity index (χ4v) is 9.27. The predicted octanol–water partition coefficient (Wildman–Crippen LogP) is 14.3. The molecule has 0 atom stereocenters. The van der Waals surface area contributed by atoms with Gasteiger partial charge in [0.05, 0.1) is 33.8 Å². The van der Waals surface area contributed by atoms with E-state index >= 15 is 0 Å². The molecule has 1 aliphatic heterocycles. The van der Waals surface area contributed by atoms with Crippen molar-refractivity contribution in [2.24, 2.45) is 0 Å². The molecule has 2 aromatic heterocycles. The van der Waals surface area contributed by atoms with Gasteiger partial charge in [-0.25, -0.2) is 9.97 Å². The van der Waals surface area contributed by atoms with E-state index in [1.165, 1.54) is 54.8 Å². The van der Waals surface area contributed by atoms with Crippen LogP contribution < -0.4 is 4.90 Å². The van der Waals surface area contributed by atoms with Gasteiger partial charge >= 0.3 is 0 Å². The van der Waals surface area contributed by atoms with Gasteiger partial charge in [-0.15, -0.1) is 0 Å². The van der Waals surface area contributed by atoms with E-state index in [0.29, 0.717) is 5.95 Å². The van der Waals surface area contributed by atoms with Gasteiger partial charge in [-0.05, 0) is 98.4 Å².